The van der Waals surface area contributed by atoms with E-state index in [1.54, 1.807) is 11.4 Å². The van der Waals surface area contributed by atoms with Gasteiger partial charge in [0.1, 0.15) is 24.8 Å². The summed E-state index contributed by atoms with van der Waals surface area (Å²) in [5, 5.41) is 4.64. The first-order valence-electron chi connectivity index (χ1n) is 7.71. The van der Waals surface area contributed by atoms with E-state index in [-0.39, 0.29) is 5.56 Å². The smallest absolute Gasteiger partial charge is 0.257 e. The van der Waals surface area contributed by atoms with E-state index in [9.17, 15) is 13.6 Å². The molecule has 1 N–H and O–H groups in total. The number of anilines is 1. The van der Waals surface area contributed by atoms with Gasteiger partial charge in [0.15, 0.2) is 16.6 Å². The van der Waals surface area contributed by atoms with Crippen LogP contribution in [0.1, 0.15) is 10.4 Å². The van der Waals surface area contributed by atoms with E-state index in [2.05, 4.69) is 10.3 Å². The molecule has 26 heavy (non-hydrogen) atoms. The maximum Gasteiger partial charge on any atom is 0.257 e. The van der Waals surface area contributed by atoms with Crippen molar-refractivity contribution in [3.63, 3.8) is 0 Å². The number of nitrogens with zero attached hydrogens (tertiary/aromatic N) is 1. The highest BCUT2D eigenvalue weighted by Crippen LogP contribution is 2.35. The Morgan fingerprint density at radius 3 is 2.54 bits per heavy atom. The number of thiazole rings is 1. The molecule has 132 valence electrons. The molecule has 4 rings (SSSR count). The second kappa shape index (κ2) is 6.72. The number of halogens is 2. The number of carbonyl (C=O) groups excluding carboxylic acids is 1. The van der Waals surface area contributed by atoms with Crippen molar-refractivity contribution < 1.29 is 23.0 Å². The van der Waals surface area contributed by atoms with E-state index in [1.807, 2.05) is 12.1 Å². The molecule has 2 heterocycles. The van der Waals surface area contributed by atoms with Crippen LogP contribution in [0.25, 0.3) is 11.3 Å². The van der Waals surface area contributed by atoms with Gasteiger partial charge in [0.2, 0.25) is 0 Å². The number of aromatic nitrogens is 1. The maximum atomic E-state index is 13.2. The molecule has 0 bridgehead atoms. The SMILES string of the molecule is O=C(Nc1nc(-c2ccc3c(c2)OCCO3)cs1)c1cc(F)cc(F)c1. The van der Waals surface area contributed by atoms with Crippen LogP contribution in [0.2, 0.25) is 0 Å². The summed E-state index contributed by atoms with van der Waals surface area (Å²) in [5.74, 6) is -0.941. The third-order valence-corrected chi connectivity index (χ3v) is 4.45. The number of hydrogen-bond donors (Lipinski definition) is 1. The highest BCUT2D eigenvalue weighted by Gasteiger charge is 2.15. The van der Waals surface area contributed by atoms with Gasteiger partial charge in [-0.1, -0.05) is 0 Å². The monoisotopic (exact) mass is 374 g/mol. The number of hydrogen-bond acceptors (Lipinski definition) is 5. The molecule has 3 aromatic rings. The van der Waals surface area contributed by atoms with Crippen molar-refractivity contribution in [2.24, 2.45) is 0 Å². The topological polar surface area (TPSA) is 60.5 Å². The first-order chi connectivity index (χ1) is 12.6. The Hall–Kier alpha value is -3.00. The van der Waals surface area contributed by atoms with Gasteiger partial charge in [0, 0.05) is 22.6 Å². The molecule has 1 aromatic heterocycles. The highest BCUT2D eigenvalue weighted by molar-refractivity contribution is 7.14. The molecule has 1 amide bonds. The van der Waals surface area contributed by atoms with Crippen molar-refractivity contribution in [2.75, 3.05) is 18.5 Å². The average molecular weight is 374 g/mol. The van der Waals surface area contributed by atoms with Gasteiger partial charge in [0.05, 0.1) is 5.69 Å². The first-order valence-corrected chi connectivity index (χ1v) is 8.59. The van der Waals surface area contributed by atoms with Crippen LogP contribution in [-0.2, 0) is 0 Å². The van der Waals surface area contributed by atoms with Gasteiger partial charge in [-0.05, 0) is 30.3 Å². The normalized spacial score (nSPS) is 12.7. The number of rotatable bonds is 3. The van der Waals surface area contributed by atoms with Crippen molar-refractivity contribution in [2.45, 2.75) is 0 Å². The molecule has 0 saturated heterocycles. The Morgan fingerprint density at radius 2 is 1.77 bits per heavy atom. The van der Waals surface area contributed by atoms with Crippen LogP contribution in [-0.4, -0.2) is 24.1 Å². The molecule has 1 aliphatic heterocycles. The molecule has 0 aliphatic carbocycles. The third-order valence-electron chi connectivity index (χ3n) is 3.69. The molecule has 0 unspecified atom stereocenters. The lowest BCUT2D eigenvalue weighted by Crippen LogP contribution is -2.15. The summed E-state index contributed by atoms with van der Waals surface area (Å²) in [5.41, 5.74) is 1.34. The Kier molecular flexibility index (Phi) is 4.26. The summed E-state index contributed by atoms with van der Waals surface area (Å²) in [4.78, 5) is 16.5. The van der Waals surface area contributed by atoms with Crippen LogP contribution in [0.5, 0.6) is 11.5 Å². The largest absolute Gasteiger partial charge is 0.486 e. The van der Waals surface area contributed by atoms with Crippen molar-refractivity contribution in [1.29, 1.82) is 0 Å². The lowest BCUT2D eigenvalue weighted by molar-refractivity contribution is 0.102. The van der Waals surface area contributed by atoms with Crippen LogP contribution in [0.15, 0.2) is 41.8 Å². The van der Waals surface area contributed by atoms with Gasteiger partial charge in [-0.2, -0.15) is 0 Å². The lowest BCUT2D eigenvalue weighted by atomic mass is 10.1. The molecular formula is C18H12F2N2O3S. The molecule has 0 atom stereocenters. The fourth-order valence-electron chi connectivity index (χ4n) is 2.52. The second-order valence-electron chi connectivity index (χ2n) is 5.51. The molecule has 5 nitrogen and oxygen atoms in total. The summed E-state index contributed by atoms with van der Waals surface area (Å²) < 4.78 is 37.5. The minimum Gasteiger partial charge on any atom is -0.486 e. The second-order valence-corrected chi connectivity index (χ2v) is 6.37. The van der Waals surface area contributed by atoms with Crippen molar-refractivity contribution >= 4 is 22.4 Å². The Bertz CT molecular complexity index is 970. The van der Waals surface area contributed by atoms with E-state index in [0.717, 1.165) is 17.7 Å². The molecule has 1 aliphatic rings. The van der Waals surface area contributed by atoms with Gasteiger partial charge in [-0.25, -0.2) is 13.8 Å². The van der Waals surface area contributed by atoms with Crippen LogP contribution in [0.4, 0.5) is 13.9 Å². The highest BCUT2D eigenvalue weighted by atomic mass is 32.1. The molecule has 0 saturated carbocycles. The summed E-state index contributed by atoms with van der Waals surface area (Å²) in [7, 11) is 0. The van der Waals surface area contributed by atoms with E-state index >= 15 is 0 Å². The van der Waals surface area contributed by atoms with Crippen molar-refractivity contribution in [1.82, 2.24) is 4.98 Å². The van der Waals surface area contributed by atoms with Gasteiger partial charge in [0.25, 0.3) is 5.91 Å². The maximum absolute atomic E-state index is 13.2. The summed E-state index contributed by atoms with van der Waals surface area (Å²) >= 11 is 1.21. The predicted molar refractivity (Wildman–Crippen MR) is 92.9 cm³/mol. The lowest BCUT2D eigenvalue weighted by Gasteiger charge is -2.18. The number of carbonyl (C=O) groups is 1. The number of nitrogens with one attached hydrogen (secondary N) is 1. The van der Waals surface area contributed by atoms with Gasteiger partial charge < -0.3 is 9.47 Å². The number of ether oxygens (including phenoxy) is 2. The summed E-state index contributed by atoms with van der Waals surface area (Å²) in [6.45, 7) is 0.999. The Labute approximate surface area is 151 Å². The van der Waals surface area contributed by atoms with Gasteiger partial charge >= 0.3 is 0 Å². The molecule has 0 fully saturated rings. The number of benzene rings is 2. The fraction of sp³-hybridized carbons (Fsp3) is 0.111. The van der Waals surface area contributed by atoms with E-state index in [0.29, 0.717) is 41.6 Å². The minimum absolute atomic E-state index is 0.112. The Morgan fingerprint density at radius 1 is 1.04 bits per heavy atom. The van der Waals surface area contributed by atoms with Crippen molar-refractivity contribution in [3.8, 4) is 22.8 Å². The molecule has 2 aromatic carbocycles. The molecular weight excluding hydrogens is 362 g/mol. The molecule has 8 heteroatoms. The number of fused-ring (bicyclic) bond motifs is 1. The van der Waals surface area contributed by atoms with E-state index in [1.165, 1.54) is 11.3 Å². The fourth-order valence-corrected chi connectivity index (χ4v) is 3.24. The first kappa shape index (κ1) is 16.5. The summed E-state index contributed by atoms with van der Waals surface area (Å²) in [6.07, 6.45) is 0. The van der Waals surface area contributed by atoms with E-state index in [4.69, 9.17) is 9.47 Å². The quantitative estimate of drug-likeness (QED) is 0.749. The molecule has 0 spiro atoms. The number of amides is 1. The van der Waals surface area contributed by atoms with Gasteiger partial charge in [-0.3, -0.25) is 10.1 Å². The van der Waals surface area contributed by atoms with Crippen molar-refractivity contribution in [3.05, 3.63) is 59.0 Å². The van der Waals surface area contributed by atoms with E-state index < -0.39 is 17.5 Å². The van der Waals surface area contributed by atoms with Gasteiger partial charge in [-0.15, -0.1) is 11.3 Å². The predicted octanol–water partition coefficient (Wildman–Crippen LogP) is 4.11. The zero-order valence-corrected chi connectivity index (χ0v) is 14.1. The minimum atomic E-state index is -0.814. The molecule has 0 radical (unpaired) electrons. The third kappa shape index (κ3) is 3.36. The van der Waals surface area contributed by atoms with Crippen LogP contribution < -0.4 is 14.8 Å². The zero-order chi connectivity index (χ0) is 18.1. The van der Waals surface area contributed by atoms with Crippen LogP contribution in [0.3, 0.4) is 0 Å². The standard InChI is InChI=1S/C18H12F2N2O3S/c19-12-5-11(6-13(20)8-12)17(23)22-18-21-14(9-26-18)10-1-2-15-16(7-10)25-4-3-24-15/h1-2,5-9H,3-4H2,(H,21,22,23). The zero-order valence-electron chi connectivity index (χ0n) is 13.3. The Balaban J connectivity index is 1.53. The average Bonchev–Trinajstić information content (AvgIpc) is 3.09. The van der Waals surface area contributed by atoms with Crippen LogP contribution >= 0.6 is 11.3 Å². The summed E-state index contributed by atoms with van der Waals surface area (Å²) in [6, 6.07) is 8.10. The van der Waals surface area contributed by atoms with Crippen LogP contribution in [0, 0.1) is 11.6 Å².